The largest absolute Gasteiger partial charge is 0.423 e. The summed E-state index contributed by atoms with van der Waals surface area (Å²) in [6, 6.07) is 15.7. The van der Waals surface area contributed by atoms with Gasteiger partial charge >= 0.3 is 5.97 Å². The molecule has 0 aliphatic carbocycles. The molecule has 50 heavy (non-hydrogen) atoms. The van der Waals surface area contributed by atoms with Crippen LogP contribution in [-0.4, -0.2) is 12.6 Å². The third-order valence-corrected chi connectivity index (χ3v) is 10.4. The predicted octanol–water partition coefficient (Wildman–Crippen LogP) is 15.5. The number of hydrogen-bond acceptors (Lipinski definition) is 3. The molecule has 0 radical (unpaired) electrons. The second-order valence-corrected chi connectivity index (χ2v) is 15.1. The van der Waals surface area contributed by atoms with Crippen molar-refractivity contribution in [1.29, 1.82) is 0 Å². The molecule has 0 amide bonds. The van der Waals surface area contributed by atoms with Crippen molar-refractivity contribution < 1.29 is 14.3 Å². The van der Waals surface area contributed by atoms with Crippen molar-refractivity contribution in [3.8, 4) is 5.75 Å². The summed E-state index contributed by atoms with van der Waals surface area (Å²) in [4.78, 5) is 12.7. The summed E-state index contributed by atoms with van der Waals surface area (Å²) in [6.07, 6.45) is 39.7. The van der Waals surface area contributed by atoms with Crippen LogP contribution in [0.5, 0.6) is 5.75 Å². The molecule has 1 unspecified atom stereocenters. The number of benzene rings is 2. The van der Waals surface area contributed by atoms with E-state index < -0.39 is 0 Å². The zero-order valence-corrected chi connectivity index (χ0v) is 33.1. The number of hydrogen-bond donors (Lipinski definition) is 0. The standard InChI is InChI=1S/C47H78O3/c1-4-6-8-10-12-14-16-17-18-19-20-21-22-23-25-27-29-31-41-49-42(3)44-37-39-46(40-38-44)50-47(48)45-35-33-43(34-36-45)32-30-28-26-24-15-13-11-9-7-5-2/h33-40,42H,4-32,41H2,1-3H3. The van der Waals surface area contributed by atoms with Gasteiger partial charge in [-0.1, -0.05) is 205 Å². The molecule has 0 aromatic heterocycles. The Balaban J connectivity index is 1.45. The van der Waals surface area contributed by atoms with E-state index in [0.29, 0.717) is 11.3 Å². The predicted molar refractivity (Wildman–Crippen MR) is 217 cm³/mol. The Morgan fingerprint density at radius 2 is 0.860 bits per heavy atom. The first-order valence-corrected chi connectivity index (χ1v) is 21.7. The molecule has 3 nitrogen and oxygen atoms in total. The van der Waals surface area contributed by atoms with Gasteiger partial charge in [0.05, 0.1) is 11.7 Å². The second kappa shape index (κ2) is 31.6. The highest BCUT2D eigenvalue weighted by Gasteiger charge is 2.11. The molecule has 0 aliphatic heterocycles. The monoisotopic (exact) mass is 691 g/mol. The Labute approximate surface area is 310 Å². The normalized spacial score (nSPS) is 12.0. The van der Waals surface area contributed by atoms with E-state index >= 15 is 0 Å². The zero-order chi connectivity index (χ0) is 35.7. The zero-order valence-electron chi connectivity index (χ0n) is 33.1. The third-order valence-electron chi connectivity index (χ3n) is 10.4. The molecule has 2 aromatic rings. The van der Waals surface area contributed by atoms with Crippen molar-refractivity contribution >= 4 is 5.97 Å². The van der Waals surface area contributed by atoms with E-state index in [1.807, 2.05) is 36.4 Å². The van der Waals surface area contributed by atoms with Crippen LogP contribution in [0.4, 0.5) is 0 Å². The van der Waals surface area contributed by atoms with Crippen LogP contribution in [0.3, 0.4) is 0 Å². The van der Waals surface area contributed by atoms with E-state index in [4.69, 9.17) is 9.47 Å². The molecule has 2 aromatic carbocycles. The summed E-state index contributed by atoms with van der Waals surface area (Å²) in [5.74, 6) is 0.269. The lowest BCUT2D eigenvalue weighted by atomic mass is 10.0. The van der Waals surface area contributed by atoms with Gasteiger partial charge < -0.3 is 9.47 Å². The van der Waals surface area contributed by atoms with Crippen molar-refractivity contribution in [2.45, 2.75) is 213 Å². The van der Waals surface area contributed by atoms with Crippen LogP contribution in [0.1, 0.15) is 228 Å². The van der Waals surface area contributed by atoms with Crippen molar-refractivity contribution in [1.82, 2.24) is 0 Å². The average molecular weight is 691 g/mol. The molecule has 1 atom stereocenters. The molecule has 0 N–H and O–H groups in total. The third kappa shape index (κ3) is 23.4. The van der Waals surface area contributed by atoms with Gasteiger partial charge in [-0.25, -0.2) is 4.79 Å². The van der Waals surface area contributed by atoms with Crippen LogP contribution in [0.2, 0.25) is 0 Å². The molecule has 0 bridgehead atoms. The molecule has 284 valence electrons. The summed E-state index contributed by atoms with van der Waals surface area (Å²) in [6.45, 7) is 7.47. The Hall–Kier alpha value is -2.13. The Morgan fingerprint density at radius 1 is 0.480 bits per heavy atom. The number of unbranched alkanes of at least 4 members (excludes halogenated alkanes) is 26. The smallest absolute Gasteiger partial charge is 0.343 e. The summed E-state index contributed by atoms with van der Waals surface area (Å²) in [5.41, 5.74) is 3.01. The van der Waals surface area contributed by atoms with Gasteiger partial charge in [0.1, 0.15) is 5.75 Å². The minimum Gasteiger partial charge on any atom is -0.423 e. The average Bonchev–Trinajstić information content (AvgIpc) is 3.13. The van der Waals surface area contributed by atoms with Crippen molar-refractivity contribution in [3.05, 3.63) is 65.2 Å². The maximum Gasteiger partial charge on any atom is 0.343 e. The van der Waals surface area contributed by atoms with Crippen LogP contribution in [0.25, 0.3) is 0 Å². The number of rotatable bonds is 34. The summed E-state index contributed by atoms with van der Waals surface area (Å²) < 4.78 is 11.8. The molecule has 0 aliphatic rings. The van der Waals surface area contributed by atoms with Crippen molar-refractivity contribution in [2.24, 2.45) is 0 Å². The van der Waals surface area contributed by atoms with Crippen LogP contribution in [0, 0.1) is 0 Å². The molecular formula is C47H78O3. The first-order valence-electron chi connectivity index (χ1n) is 21.7. The number of ether oxygens (including phenoxy) is 2. The summed E-state index contributed by atoms with van der Waals surface area (Å²) in [5, 5.41) is 0. The highest BCUT2D eigenvalue weighted by Crippen LogP contribution is 2.22. The molecular weight excluding hydrogens is 613 g/mol. The molecule has 2 rings (SSSR count). The first-order chi connectivity index (χ1) is 24.6. The van der Waals surface area contributed by atoms with E-state index in [1.165, 1.54) is 179 Å². The van der Waals surface area contributed by atoms with E-state index in [2.05, 4.69) is 32.9 Å². The SMILES string of the molecule is CCCCCCCCCCCCCCCCCCCCOC(C)c1ccc(OC(=O)c2ccc(CCCCCCCCCCCC)cc2)cc1. The van der Waals surface area contributed by atoms with Gasteiger partial charge in [-0.2, -0.15) is 0 Å². The highest BCUT2D eigenvalue weighted by atomic mass is 16.5. The fourth-order valence-corrected chi connectivity index (χ4v) is 6.96. The number of esters is 1. The number of aryl methyl sites for hydroxylation is 1. The molecule has 0 fully saturated rings. The molecule has 3 heteroatoms. The lowest BCUT2D eigenvalue weighted by Crippen LogP contribution is -2.08. The highest BCUT2D eigenvalue weighted by molar-refractivity contribution is 5.91. The van der Waals surface area contributed by atoms with Gasteiger partial charge in [0.25, 0.3) is 0 Å². The number of carbonyl (C=O) groups is 1. The van der Waals surface area contributed by atoms with E-state index in [9.17, 15) is 4.79 Å². The minimum atomic E-state index is -0.304. The summed E-state index contributed by atoms with van der Waals surface area (Å²) in [7, 11) is 0. The molecule has 0 heterocycles. The first kappa shape index (κ1) is 44.0. The van der Waals surface area contributed by atoms with E-state index in [-0.39, 0.29) is 12.1 Å². The van der Waals surface area contributed by atoms with Gasteiger partial charge in [0, 0.05) is 6.61 Å². The number of carbonyl (C=O) groups excluding carboxylic acids is 1. The van der Waals surface area contributed by atoms with Crippen LogP contribution in [0.15, 0.2) is 48.5 Å². The quantitative estimate of drug-likeness (QED) is 0.0416. The minimum absolute atomic E-state index is 0.0358. The van der Waals surface area contributed by atoms with E-state index in [0.717, 1.165) is 25.0 Å². The molecule has 0 spiro atoms. The van der Waals surface area contributed by atoms with Gasteiger partial charge in [-0.15, -0.1) is 0 Å². The second-order valence-electron chi connectivity index (χ2n) is 15.1. The van der Waals surface area contributed by atoms with Crippen LogP contribution >= 0.6 is 0 Å². The fraction of sp³-hybridized carbons (Fsp3) is 0.723. The summed E-state index contributed by atoms with van der Waals surface area (Å²) >= 11 is 0. The van der Waals surface area contributed by atoms with Crippen molar-refractivity contribution in [3.63, 3.8) is 0 Å². The van der Waals surface area contributed by atoms with Crippen LogP contribution < -0.4 is 4.74 Å². The topological polar surface area (TPSA) is 35.5 Å². The Kier molecular flexibility index (Phi) is 27.8. The van der Waals surface area contributed by atoms with Gasteiger partial charge in [-0.3, -0.25) is 0 Å². The van der Waals surface area contributed by atoms with Gasteiger partial charge in [-0.05, 0) is 61.6 Å². The van der Waals surface area contributed by atoms with Gasteiger partial charge in [0.2, 0.25) is 0 Å². The maximum atomic E-state index is 12.7. The van der Waals surface area contributed by atoms with Crippen LogP contribution in [-0.2, 0) is 11.2 Å². The van der Waals surface area contributed by atoms with E-state index in [1.54, 1.807) is 0 Å². The Bertz CT molecular complexity index is 1030. The van der Waals surface area contributed by atoms with Crippen molar-refractivity contribution in [2.75, 3.05) is 6.61 Å². The van der Waals surface area contributed by atoms with Gasteiger partial charge in [0.15, 0.2) is 0 Å². The lowest BCUT2D eigenvalue weighted by molar-refractivity contribution is 0.0627. The Morgan fingerprint density at radius 3 is 1.28 bits per heavy atom. The molecule has 0 saturated heterocycles. The molecule has 0 saturated carbocycles. The lowest BCUT2D eigenvalue weighted by Gasteiger charge is -2.14. The fourth-order valence-electron chi connectivity index (χ4n) is 6.96. The maximum absolute atomic E-state index is 12.7.